The van der Waals surface area contributed by atoms with Gasteiger partial charge in [-0.2, -0.15) is 0 Å². The second-order valence-corrected chi connectivity index (χ2v) is 4.00. The number of hydrogen-bond acceptors (Lipinski definition) is 3. The number of aliphatic hydroxyl groups is 1. The van der Waals surface area contributed by atoms with Crippen molar-refractivity contribution in [2.75, 3.05) is 24.8 Å². The number of nitrogens with zero attached hydrogens (tertiary/aromatic N) is 1. The van der Waals surface area contributed by atoms with Crippen LogP contribution in [0.15, 0.2) is 29.2 Å². The molecule has 0 aliphatic rings. The van der Waals surface area contributed by atoms with E-state index in [-0.39, 0.29) is 18.9 Å². The van der Waals surface area contributed by atoms with Crippen LogP contribution in [-0.2, 0) is 4.79 Å². The summed E-state index contributed by atoms with van der Waals surface area (Å²) in [6.07, 6.45) is 2.18. The second-order valence-electron chi connectivity index (χ2n) is 3.12. The van der Waals surface area contributed by atoms with Crippen LogP contribution in [0.3, 0.4) is 0 Å². The van der Waals surface area contributed by atoms with Gasteiger partial charge in [-0.05, 0) is 30.5 Å². The molecule has 0 radical (unpaired) electrons. The van der Waals surface area contributed by atoms with Gasteiger partial charge in [0.15, 0.2) is 0 Å². The molecule has 0 heterocycles. The van der Waals surface area contributed by atoms with Crippen molar-refractivity contribution in [3.05, 3.63) is 24.3 Å². The van der Waals surface area contributed by atoms with Crippen LogP contribution in [0.4, 0.5) is 5.69 Å². The number of anilines is 1. The lowest BCUT2D eigenvalue weighted by molar-refractivity contribution is -0.118. The molecule has 0 saturated carbocycles. The molecule has 1 amide bonds. The summed E-state index contributed by atoms with van der Waals surface area (Å²) in [5.74, 6) is -0.0746. The molecule has 1 rings (SSSR count). The van der Waals surface area contributed by atoms with Crippen molar-refractivity contribution in [3.63, 3.8) is 0 Å². The van der Waals surface area contributed by atoms with Gasteiger partial charge in [-0.1, -0.05) is 0 Å². The van der Waals surface area contributed by atoms with E-state index in [9.17, 15) is 4.79 Å². The highest BCUT2D eigenvalue weighted by atomic mass is 32.2. The van der Waals surface area contributed by atoms with E-state index >= 15 is 0 Å². The maximum absolute atomic E-state index is 11.5. The van der Waals surface area contributed by atoms with Crippen LogP contribution in [0, 0.1) is 0 Å². The maximum Gasteiger partial charge on any atom is 0.229 e. The fourth-order valence-electron chi connectivity index (χ4n) is 1.21. The molecule has 0 fully saturated rings. The summed E-state index contributed by atoms with van der Waals surface area (Å²) in [6.45, 7) is -0.105. The van der Waals surface area contributed by atoms with E-state index in [1.165, 1.54) is 4.90 Å². The maximum atomic E-state index is 11.5. The highest BCUT2D eigenvalue weighted by molar-refractivity contribution is 7.98. The second kappa shape index (κ2) is 5.78. The van der Waals surface area contributed by atoms with Crippen molar-refractivity contribution in [3.8, 4) is 0 Å². The summed E-state index contributed by atoms with van der Waals surface area (Å²) in [7, 11) is 1.71. The van der Waals surface area contributed by atoms with Gasteiger partial charge in [-0.15, -0.1) is 11.8 Å². The van der Waals surface area contributed by atoms with E-state index in [4.69, 9.17) is 5.11 Å². The smallest absolute Gasteiger partial charge is 0.229 e. The highest BCUT2D eigenvalue weighted by Crippen LogP contribution is 2.19. The number of carbonyl (C=O) groups is 1. The number of aliphatic hydroxyl groups excluding tert-OH is 1. The number of benzene rings is 1. The first-order valence-electron chi connectivity index (χ1n) is 4.70. The Kier molecular flexibility index (Phi) is 4.65. The lowest BCUT2D eigenvalue weighted by atomic mass is 10.3. The van der Waals surface area contributed by atoms with Crippen LogP contribution in [0.2, 0.25) is 0 Å². The third kappa shape index (κ3) is 3.25. The monoisotopic (exact) mass is 225 g/mol. The average molecular weight is 225 g/mol. The number of amides is 1. The lowest BCUT2D eigenvalue weighted by Gasteiger charge is -2.16. The molecule has 1 aromatic rings. The van der Waals surface area contributed by atoms with Gasteiger partial charge in [0, 0.05) is 17.6 Å². The van der Waals surface area contributed by atoms with Gasteiger partial charge in [0.1, 0.15) is 0 Å². The normalized spacial score (nSPS) is 10.1. The van der Waals surface area contributed by atoms with Gasteiger partial charge in [0.05, 0.1) is 13.0 Å². The molecule has 0 saturated heterocycles. The molecule has 0 aliphatic carbocycles. The largest absolute Gasteiger partial charge is 0.396 e. The van der Waals surface area contributed by atoms with E-state index in [0.29, 0.717) is 0 Å². The molecule has 15 heavy (non-hydrogen) atoms. The molecule has 0 aliphatic heterocycles. The lowest BCUT2D eigenvalue weighted by Crippen LogP contribution is -2.26. The van der Waals surface area contributed by atoms with Crippen LogP contribution in [0.25, 0.3) is 0 Å². The van der Waals surface area contributed by atoms with Crippen LogP contribution in [-0.4, -0.2) is 30.9 Å². The van der Waals surface area contributed by atoms with Crippen molar-refractivity contribution in [2.45, 2.75) is 11.3 Å². The molecule has 0 unspecified atom stereocenters. The minimum atomic E-state index is -0.105. The highest BCUT2D eigenvalue weighted by Gasteiger charge is 2.09. The molecular formula is C11H15NO2S. The van der Waals surface area contributed by atoms with E-state index in [1.807, 2.05) is 30.5 Å². The van der Waals surface area contributed by atoms with Crippen molar-refractivity contribution in [1.82, 2.24) is 0 Å². The number of hydrogen-bond donors (Lipinski definition) is 1. The topological polar surface area (TPSA) is 40.5 Å². The molecule has 4 heteroatoms. The third-order valence-electron chi connectivity index (χ3n) is 2.16. The van der Waals surface area contributed by atoms with Gasteiger partial charge >= 0.3 is 0 Å². The SMILES string of the molecule is CSc1ccc(N(C)C(=O)CCO)cc1. The Morgan fingerprint density at radius 2 is 2.00 bits per heavy atom. The standard InChI is InChI=1S/C11H15NO2S/c1-12(11(14)7-8-13)9-3-5-10(15-2)6-4-9/h3-6,13H,7-8H2,1-2H3. The van der Waals surface area contributed by atoms with Gasteiger partial charge in [-0.25, -0.2) is 0 Å². The Morgan fingerprint density at radius 1 is 1.40 bits per heavy atom. The van der Waals surface area contributed by atoms with Gasteiger partial charge in [-0.3, -0.25) is 4.79 Å². The third-order valence-corrected chi connectivity index (χ3v) is 2.90. The quantitative estimate of drug-likeness (QED) is 0.794. The molecule has 0 spiro atoms. The van der Waals surface area contributed by atoms with E-state index in [0.717, 1.165) is 5.69 Å². The fourth-order valence-corrected chi connectivity index (χ4v) is 1.62. The van der Waals surface area contributed by atoms with E-state index < -0.39 is 0 Å². The summed E-state index contributed by atoms with van der Waals surface area (Å²) < 4.78 is 0. The molecule has 82 valence electrons. The summed E-state index contributed by atoms with van der Waals surface area (Å²) >= 11 is 1.66. The van der Waals surface area contributed by atoms with Gasteiger partial charge < -0.3 is 10.0 Å². The summed E-state index contributed by atoms with van der Waals surface area (Å²) in [5.41, 5.74) is 0.853. The first kappa shape index (κ1) is 12.1. The van der Waals surface area contributed by atoms with Crippen LogP contribution >= 0.6 is 11.8 Å². The first-order valence-corrected chi connectivity index (χ1v) is 5.93. The van der Waals surface area contributed by atoms with E-state index in [2.05, 4.69) is 0 Å². The fraction of sp³-hybridized carbons (Fsp3) is 0.364. The Bertz CT molecular complexity index is 324. The average Bonchev–Trinajstić information content (AvgIpc) is 2.28. The van der Waals surface area contributed by atoms with Crippen LogP contribution in [0.5, 0.6) is 0 Å². The zero-order valence-corrected chi connectivity index (χ0v) is 9.75. The molecule has 1 aromatic carbocycles. The number of thioether (sulfide) groups is 1. The predicted molar refractivity (Wildman–Crippen MR) is 63.3 cm³/mol. The Morgan fingerprint density at radius 3 is 2.47 bits per heavy atom. The number of carbonyl (C=O) groups excluding carboxylic acids is 1. The zero-order chi connectivity index (χ0) is 11.3. The molecule has 0 atom stereocenters. The van der Waals surface area contributed by atoms with Gasteiger partial charge in [0.25, 0.3) is 0 Å². The van der Waals surface area contributed by atoms with Crippen molar-refractivity contribution >= 4 is 23.4 Å². The zero-order valence-electron chi connectivity index (χ0n) is 8.93. The number of rotatable bonds is 4. The molecule has 1 N–H and O–H groups in total. The molecular weight excluding hydrogens is 210 g/mol. The van der Waals surface area contributed by atoms with Crippen LogP contribution in [0.1, 0.15) is 6.42 Å². The summed E-state index contributed by atoms with van der Waals surface area (Å²) in [4.78, 5) is 14.2. The van der Waals surface area contributed by atoms with Crippen LogP contribution < -0.4 is 4.90 Å². The van der Waals surface area contributed by atoms with Crippen molar-refractivity contribution < 1.29 is 9.90 Å². The Hall–Kier alpha value is -1.00. The minimum absolute atomic E-state index is 0.0746. The predicted octanol–water partition coefficient (Wildman–Crippen LogP) is 1.75. The van der Waals surface area contributed by atoms with Gasteiger partial charge in [0.2, 0.25) is 5.91 Å². The first-order chi connectivity index (χ1) is 7.19. The van der Waals surface area contributed by atoms with E-state index in [1.54, 1.807) is 23.7 Å². The Labute approximate surface area is 94.1 Å². The summed E-state index contributed by atoms with van der Waals surface area (Å²) in [6, 6.07) is 7.76. The van der Waals surface area contributed by atoms with Crippen molar-refractivity contribution in [2.24, 2.45) is 0 Å². The minimum Gasteiger partial charge on any atom is -0.396 e. The molecule has 3 nitrogen and oxygen atoms in total. The molecule has 0 aromatic heterocycles. The summed E-state index contributed by atoms with van der Waals surface area (Å²) in [5, 5.41) is 8.66. The molecule has 0 bridgehead atoms. The van der Waals surface area contributed by atoms with Crippen molar-refractivity contribution in [1.29, 1.82) is 0 Å². The Balaban J connectivity index is 2.73.